The summed E-state index contributed by atoms with van der Waals surface area (Å²) in [5.41, 5.74) is 0. The number of hydrogen-bond acceptors (Lipinski definition) is 4. The number of fused-ring (bicyclic) bond motifs is 2. The highest BCUT2D eigenvalue weighted by Gasteiger charge is 2.35. The van der Waals surface area contributed by atoms with Crippen LogP contribution in [-0.4, -0.2) is 60.5 Å². The van der Waals surface area contributed by atoms with Crippen LogP contribution in [0, 0.1) is 0 Å². The average molecular weight is 284 g/mol. The van der Waals surface area contributed by atoms with Gasteiger partial charge in [0, 0.05) is 31.3 Å². The second-order valence-corrected chi connectivity index (χ2v) is 6.43. The third kappa shape index (κ3) is 4.69. The van der Waals surface area contributed by atoms with Gasteiger partial charge in [-0.1, -0.05) is 20.3 Å². The summed E-state index contributed by atoms with van der Waals surface area (Å²) in [6, 6.07) is 2.07. The third-order valence-corrected chi connectivity index (χ3v) is 4.77. The molecule has 0 saturated carbocycles. The molecular weight excluding hydrogens is 252 g/mol. The van der Waals surface area contributed by atoms with E-state index in [0.29, 0.717) is 24.7 Å². The van der Waals surface area contributed by atoms with Gasteiger partial charge in [-0.05, 0) is 38.6 Å². The zero-order chi connectivity index (χ0) is 14.4. The molecule has 118 valence electrons. The van der Waals surface area contributed by atoms with Gasteiger partial charge >= 0.3 is 0 Å². The summed E-state index contributed by atoms with van der Waals surface area (Å²) in [7, 11) is 0. The Hall–Kier alpha value is -0.160. The number of piperidine rings is 1. The molecule has 0 radical (unpaired) electrons. The Morgan fingerprint density at radius 3 is 2.55 bits per heavy atom. The highest BCUT2D eigenvalue weighted by molar-refractivity contribution is 4.95. The lowest BCUT2D eigenvalue weighted by atomic mass is 9.98. The molecule has 3 atom stereocenters. The van der Waals surface area contributed by atoms with Crippen LogP contribution in [0.2, 0.25) is 0 Å². The van der Waals surface area contributed by atoms with Crippen LogP contribution in [0.25, 0.3) is 0 Å². The van der Waals surface area contributed by atoms with Crippen molar-refractivity contribution in [1.29, 1.82) is 0 Å². The van der Waals surface area contributed by atoms with Crippen molar-refractivity contribution in [3.8, 4) is 0 Å². The fourth-order valence-corrected chi connectivity index (χ4v) is 3.65. The Balaban J connectivity index is 1.71. The predicted molar refractivity (Wildman–Crippen MR) is 81.9 cm³/mol. The summed E-state index contributed by atoms with van der Waals surface area (Å²) in [4.78, 5) is 2.46. The van der Waals surface area contributed by atoms with Crippen molar-refractivity contribution in [2.45, 2.75) is 76.6 Å². The van der Waals surface area contributed by atoms with E-state index in [-0.39, 0.29) is 6.10 Å². The molecule has 3 unspecified atom stereocenters. The van der Waals surface area contributed by atoms with Crippen LogP contribution in [0.4, 0.5) is 0 Å². The zero-order valence-electron chi connectivity index (χ0n) is 13.2. The smallest absolute Gasteiger partial charge is 0.0900 e. The average Bonchev–Trinajstić information content (AvgIpc) is 2.79. The van der Waals surface area contributed by atoms with E-state index in [1.165, 1.54) is 25.7 Å². The van der Waals surface area contributed by atoms with E-state index >= 15 is 0 Å². The largest absolute Gasteiger partial charge is 0.389 e. The van der Waals surface area contributed by atoms with Crippen molar-refractivity contribution in [3.05, 3.63) is 0 Å². The number of aliphatic hydroxyl groups is 1. The van der Waals surface area contributed by atoms with Gasteiger partial charge in [0.2, 0.25) is 0 Å². The summed E-state index contributed by atoms with van der Waals surface area (Å²) in [5, 5.41) is 13.8. The Morgan fingerprint density at radius 1 is 1.25 bits per heavy atom. The van der Waals surface area contributed by atoms with Crippen LogP contribution in [-0.2, 0) is 4.74 Å². The molecule has 0 aromatic rings. The lowest BCUT2D eigenvalue weighted by Gasteiger charge is -2.38. The van der Waals surface area contributed by atoms with Crippen molar-refractivity contribution >= 4 is 0 Å². The van der Waals surface area contributed by atoms with Crippen LogP contribution in [0.3, 0.4) is 0 Å². The standard InChI is InChI=1S/C16H32N2O2/c1-3-5-8-20-12-16(19)11-18(4-2)15-9-13-6-7-14(10-15)17-13/h13-17,19H,3-12H2,1-2H3. The molecule has 0 aromatic heterocycles. The van der Waals surface area contributed by atoms with Crippen molar-refractivity contribution in [2.24, 2.45) is 0 Å². The number of aliphatic hydroxyl groups excluding tert-OH is 1. The SMILES string of the molecule is CCCCOCC(O)CN(CC)C1CC2CCC(C1)N2. The van der Waals surface area contributed by atoms with E-state index in [9.17, 15) is 5.11 Å². The van der Waals surface area contributed by atoms with Gasteiger partial charge in [0.1, 0.15) is 0 Å². The first-order valence-corrected chi connectivity index (χ1v) is 8.48. The number of nitrogens with one attached hydrogen (secondary N) is 1. The van der Waals surface area contributed by atoms with E-state index in [1.54, 1.807) is 0 Å². The molecule has 2 fully saturated rings. The number of likely N-dealkylation sites (N-methyl/N-ethyl adjacent to an activating group) is 1. The fourth-order valence-electron chi connectivity index (χ4n) is 3.65. The molecule has 0 aliphatic carbocycles. The van der Waals surface area contributed by atoms with Gasteiger partial charge in [-0.2, -0.15) is 0 Å². The Labute approximate surface area is 123 Å². The van der Waals surface area contributed by atoms with Crippen LogP contribution in [0.15, 0.2) is 0 Å². The summed E-state index contributed by atoms with van der Waals surface area (Å²) in [5.74, 6) is 0. The van der Waals surface area contributed by atoms with Gasteiger partial charge < -0.3 is 15.2 Å². The highest BCUT2D eigenvalue weighted by Crippen LogP contribution is 2.29. The van der Waals surface area contributed by atoms with Gasteiger partial charge in [0.25, 0.3) is 0 Å². The lowest BCUT2D eigenvalue weighted by Crippen LogP contribution is -2.50. The maximum absolute atomic E-state index is 10.1. The maximum atomic E-state index is 10.1. The van der Waals surface area contributed by atoms with Crippen LogP contribution >= 0.6 is 0 Å². The Bertz CT molecular complexity index is 263. The minimum Gasteiger partial charge on any atom is -0.389 e. The van der Waals surface area contributed by atoms with Crippen molar-refractivity contribution in [1.82, 2.24) is 10.2 Å². The molecule has 0 amide bonds. The molecule has 2 N–H and O–H groups in total. The Kier molecular flexibility index (Phi) is 6.75. The van der Waals surface area contributed by atoms with Crippen LogP contribution < -0.4 is 5.32 Å². The highest BCUT2D eigenvalue weighted by atomic mass is 16.5. The maximum Gasteiger partial charge on any atom is 0.0900 e. The normalized spacial score (nSPS) is 30.9. The zero-order valence-corrected chi connectivity index (χ0v) is 13.2. The molecule has 2 aliphatic rings. The van der Waals surface area contributed by atoms with Crippen molar-refractivity contribution in [3.63, 3.8) is 0 Å². The first-order valence-electron chi connectivity index (χ1n) is 8.48. The molecule has 0 spiro atoms. The third-order valence-electron chi connectivity index (χ3n) is 4.77. The molecule has 2 bridgehead atoms. The lowest BCUT2D eigenvalue weighted by molar-refractivity contribution is 0.00382. The number of ether oxygens (including phenoxy) is 1. The van der Waals surface area contributed by atoms with Gasteiger partial charge in [-0.25, -0.2) is 0 Å². The minimum absolute atomic E-state index is 0.348. The Morgan fingerprint density at radius 2 is 1.95 bits per heavy atom. The molecule has 2 aliphatic heterocycles. The molecule has 2 rings (SSSR count). The van der Waals surface area contributed by atoms with E-state index in [2.05, 4.69) is 24.1 Å². The van der Waals surface area contributed by atoms with Gasteiger partial charge in [0.05, 0.1) is 12.7 Å². The number of nitrogens with zero attached hydrogens (tertiary/aromatic N) is 1. The first-order chi connectivity index (χ1) is 9.72. The predicted octanol–water partition coefficient (Wildman–Crippen LogP) is 1.77. The number of rotatable bonds is 9. The topological polar surface area (TPSA) is 44.7 Å². The van der Waals surface area contributed by atoms with Crippen molar-refractivity contribution < 1.29 is 9.84 Å². The van der Waals surface area contributed by atoms with Crippen LogP contribution in [0.1, 0.15) is 52.4 Å². The van der Waals surface area contributed by atoms with Gasteiger partial charge in [-0.15, -0.1) is 0 Å². The molecule has 0 aromatic carbocycles. The molecule has 4 heteroatoms. The van der Waals surface area contributed by atoms with E-state index in [4.69, 9.17) is 4.74 Å². The quantitative estimate of drug-likeness (QED) is 0.633. The summed E-state index contributed by atoms with van der Waals surface area (Å²) >= 11 is 0. The van der Waals surface area contributed by atoms with E-state index < -0.39 is 0 Å². The van der Waals surface area contributed by atoms with E-state index in [1.807, 2.05) is 0 Å². The van der Waals surface area contributed by atoms with Crippen molar-refractivity contribution in [2.75, 3.05) is 26.3 Å². The second kappa shape index (κ2) is 8.32. The number of hydrogen-bond donors (Lipinski definition) is 2. The second-order valence-electron chi connectivity index (χ2n) is 6.43. The molecule has 4 nitrogen and oxygen atoms in total. The molecule has 20 heavy (non-hydrogen) atoms. The minimum atomic E-state index is -0.348. The number of unbranched alkanes of at least 4 members (excludes halogenated alkanes) is 1. The molecule has 2 heterocycles. The molecular formula is C16H32N2O2. The first kappa shape index (κ1) is 16.2. The fraction of sp³-hybridized carbons (Fsp3) is 1.00. The summed E-state index contributed by atoms with van der Waals surface area (Å²) < 4.78 is 5.53. The van der Waals surface area contributed by atoms with Gasteiger partial charge in [-0.3, -0.25) is 4.90 Å². The molecule has 2 saturated heterocycles. The monoisotopic (exact) mass is 284 g/mol. The van der Waals surface area contributed by atoms with E-state index in [0.717, 1.165) is 32.5 Å². The van der Waals surface area contributed by atoms with Crippen LogP contribution in [0.5, 0.6) is 0 Å². The summed E-state index contributed by atoms with van der Waals surface area (Å²) in [6.45, 7) is 7.40. The summed E-state index contributed by atoms with van der Waals surface area (Å²) in [6.07, 6.45) is 7.04. The van der Waals surface area contributed by atoms with Gasteiger partial charge in [0.15, 0.2) is 0 Å².